The van der Waals surface area contributed by atoms with Gasteiger partial charge in [-0.05, 0) is 50.3 Å². The van der Waals surface area contributed by atoms with Gasteiger partial charge in [-0.3, -0.25) is 14.9 Å². The Morgan fingerprint density at radius 3 is 2.92 bits per heavy atom. The van der Waals surface area contributed by atoms with Gasteiger partial charge in [-0.1, -0.05) is 6.07 Å². The monoisotopic (exact) mass is 356 g/mol. The molecule has 2 saturated heterocycles. The number of hydrogen-bond acceptors (Lipinski definition) is 5. The summed E-state index contributed by atoms with van der Waals surface area (Å²) in [5.41, 5.74) is 6.65. The number of hydrogen-bond donors (Lipinski definition) is 2. The van der Waals surface area contributed by atoms with Crippen LogP contribution in [0, 0.1) is 18.3 Å². The molecule has 3 N–H and O–H groups in total. The summed E-state index contributed by atoms with van der Waals surface area (Å²) >= 11 is 0. The third-order valence-corrected chi connectivity index (χ3v) is 5.14. The second kappa shape index (κ2) is 7.75. The quantitative estimate of drug-likeness (QED) is 0.821. The maximum absolute atomic E-state index is 12.6. The van der Waals surface area contributed by atoms with Gasteiger partial charge in [0.1, 0.15) is 18.4 Å². The van der Waals surface area contributed by atoms with E-state index >= 15 is 0 Å². The first-order valence-corrected chi connectivity index (χ1v) is 8.99. The van der Waals surface area contributed by atoms with Gasteiger partial charge in [-0.2, -0.15) is 5.26 Å². The van der Waals surface area contributed by atoms with Crippen LogP contribution in [-0.2, 0) is 4.79 Å². The molecule has 2 amide bonds. The fraction of sp³-hybridized carbons (Fsp3) is 0.526. The average Bonchev–Trinajstić information content (AvgIpc) is 3.29. The summed E-state index contributed by atoms with van der Waals surface area (Å²) in [7, 11) is 0. The van der Waals surface area contributed by atoms with Crippen LogP contribution in [0.2, 0.25) is 0 Å². The lowest BCUT2D eigenvalue weighted by atomic mass is 10.1. The number of amides is 2. The number of ether oxygens (including phenoxy) is 1. The lowest BCUT2D eigenvalue weighted by Crippen LogP contribution is -2.47. The van der Waals surface area contributed by atoms with E-state index in [0.29, 0.717) is 24.5 Å². The Balaban J connectivity index is 1.55. The lowest BCUT2D eigenvalue weighted by Gasteiger charge is -2.24. The number of likely N-dealkylation sites (tertiary alicyclic amines) is 1. The minimum absolute atomic E-state index is 0.0171. The third-order valence-electron chi connectivity index (χ3n) is 5.14. The predicted molar refractivity (Wildman–Crippen MR) is 95.5 cm³/mol. The second-order valence-corrected chi connectivity index (χ2v) is 6.97. The van der Waals surface area contributed by atoms with E-state index in [1.807, 2.05) is 6.92 Å². The molecule has 138 valence electrons. The molecule has 3 rings (SSSR count). The molecular weight excluding hydrogens is 332 g/mol. The zero-order valence-corrected chi connectivity index (χ0v) is 14.9. The van der Waals surface area contributed by atoms with Gasteiger partial charge in [-0.15, -0.1) is 0 Å². The molecule has 0 aliphatic carbocycles. The smallest absolute Gasteiger partial charge is 0.248 e. The second-order valence-electron chi connectivity index (χ2n) is 6.97. The number of nitrogens with one attached hydrogen (secondary N) is 1. The van der Waals surface area contributed by atoms with Gasteiger partial charge >= 0.3 is 0 Å². The van der Waals surface area contributed by atoms with Crippen LogP contribution in [0.1, 0.15) is 41.6 Å². The van der Waals surface area contributed by atoms with Crippen molar-refractivity contribution in [2.24, 2.45) is 5.73 Å². The topological polar surface area (TPSA) is 108 Å². The van der Waals surface area contributed by atoms with Crippen LogP contribution in [0.5, 0.6) is 5.75 Å². The summed E-state index contributed by atoms with van der Waals surface area (Å²) in [6.07, 6.45) is 3.22. The van der Waals surface area contributed by atoms with E-state index in [2.05, 4.69) is 11.4 Å². The normalized spacial score (nSPS) is 25.1. The fourth-order valence-electron chi connectivity index (χ4n) is 3.61. The van der Waals surface area contributed by atoms with Crippen molar-refractivity contribution >= 4 is 11.8 Å². The van der Waals surface area contributed by atoms with E-state index in [1.165, 1.54) is 0 Å². The molecule has 7 nitrogen and oxygen atoms in total. The molecule has 0 bridgehead atoms. The van der Waals surface area contributed by atoms with Crippen molar-refractivity contribution in [1.82, 2.24) is 10.2 Å². The highest BCUT2D eigenvalue weighted by Gasteiger charge is 2.36. The van der Waals surface area contributed by atoms with Crippen molar-refractivity contribution < 1.29 is 14.3 Å². The summed E-state index contributed by atoms with van der Waals surface area (Å²) in [5, 5.41) is 12.5. The van der Waals surface area contributed by atoms with Crippen molar-refractivity contribution in [1.29, 1.82) is 5.26 Å². The van der Waals surface area contributed by atoms with Gasteiger partial charge < -0.3 is 15.4 Å². The van der Waals surface area contributed by atoms with Crippen LogP contribution >= 0.6 is 0 Å². The maximum Gasteiger partial charge on any atom is 0.248 e. The molecule has 2 fully saturated rings. The molecule has 2 aliphatic heterocycles. The van der Waals surface area contributed by atoms with Crippen LogP contribution in [0.4, 0.5) is 0 Å². The molecule has 3 atom stereocenters. The van der Waals surface area contributed by atoms with E-state index in [1.54, 1.807) is 23.1 Å². The molecule has 1 aromatic rings. The minimum Gasteiger partial charge on any atom is -0.492 e. The number of nitrogens with two attached hydrogens (primary N) is 1. The Bertz CT molecular complexity index is 743. The summed E-state index contributed by atoms with van der Waals surface area (Å²) in [6.45, 7) is 2.98. The number of rotatable bonds is 5. The number of primary amides is 1. The van der Waals surface area contributed by atoms with Crippen LogP contribution < -0.4 is 15.8 Å². The Kier molecular flexibility index (Phi) is 5.43. The van der Waals surface area contributed by atoms with Crippen molar-refractivity contribution in [3.05, 3.63) is 29.3 Å². The Hall–Kier alpha value is -2.59. The maximum atomic E-state index is 12.6. The van der Waals surface area contributed by atoms with Crippen molar-refractivity contribution in [3.63, 3.8) is 0 Å². The summed E-state index contributed by atoms with van der Waals surface area (Å²) in [6, 6.07) is 6.85. The lowest BCUT2D eigenvalue weighted by molar-refractivity contribution is -0.133. The van der Waals surface area contributed by atoms with Crippen LogP contribution in [0.15, 0.2) is 18.2 Å². The van der Waals surface area contributed by atoms with E-state index in [4.69, 9.17) is 15.7 Å². The number of nitrogens with zero attached hydrogens (tertiary/aromatic N) is 2. The molecule has 0 unspecified atom stereocenters. The fourth-order valence-corrected chi connectivity index (χ4v) is 3.61. The minimum atomic E-state index is -0.489. The third kappa shape index (κ3) is 3.81. The van der Waals surface area contributed by atoms with Crippen molar-refractivity contribution in [2.45, 2.75) is 50.7 Å². The highest BCUT2D eigenvalue weighted by atomic mass is 16.5. The molecule has 7 heteroatoms. The predicted octanol–water partition coefficient (Wildman–Crippen LogP) is 1.11. The summed E-state index contributed by atoms with van der Waals surface area (Å²) in [5.74, 6) is 0.155. The number of nitriles is 1. The van der Waals surface area contributed by atoms with E-state index < -0.39 is 5.91 Å². The Morgan fingerprint density at radius 1 is 1.38 bits per heavy atom. The van der Waals surface area contributed by atoms with Crippen molar-refractivity contribution in [2.75, 3.05) is 13.2 Å². The Labute approximate surface area is 153 Å². The number of carbonyl (C=O) groups is 2. The molecule has 26 heavy (non-hydrogen) atoms. The van der Waals surface area contributed by atoms with Crippen LogP contribution in [0.3, 0.4) is 0 Å². The first-order valence-electron chi connectivity index (χ1n) is 8.99. The molecule has 0 spiro atoms. The van der Waals surface area contributed by atoms with Gasteiger partial charge in [0.2, 0.25) is 11.8 Å². The zero-order chi connectivity index (χ0) is 18.7. The highest BCUT2D eigenvalue weighted by Crippen LogP contribution is 2.23. The van der Waals surface area contributed by atoms with Gasteiger partial charge in [0.15, 0.2) is 0 Å². The molecule has 0 aromatic heterocycles. The molecular formula is C19H24N4O3. The van der Waals surface area contributed by atoms with Gasteiger partial charge in [0, 0.05) is 18.2 Å². The average molecular weight is 356 g/mol. The van der Waals surface area contributed by atoms with Crippen LogP contribution in [-0.4, -0.2) is 48.0 Å². The van der Waals surface area contributed by atoms with Crippen molar-refractivity contribution in [3.8, 4) is 11.8 Å². The van der Waals surface area contributed by atoms with Gasteiger partial charge in [0.05, 0.1) is 12.1 Å². The highest BCUT2D eigenvalue weighted by molar-refractivity contribution is 5.93. The number of carbonyl (C=O) groups excluding carboxylic acids is 2. The summed E-state index contributed by atoms with van der Waals surface area (Å²) < 4.78 is 5.86. The van der Waals surface area contributed by atoms with E-state index in [0.717, 1.165) is 31.2 Å². The zero-order valence-electron chi connectivity index (χ0n) is 14.9. The standard InChI is InChI=1S/C19H24N4O3/c1-12-4-5-13(18(21)24)9-17(12)26-11-14-6-7-16(22-14)19(25)23-8-2-3-15(23)10-20/h4-5,9,14-16,22H,2-3,6-8,11H2,1H3,(H2,21,24)/t14-,15+,16+/m1/s1. The van der Waals surface area contributed by atoms with E-state index in [9.17, 15) is 9.59 Å². The van der Waals surface area contributed by atoms with Crippen LogP contribution in [0.25, 0.3) is 0 Å². The molecule has 2 aliphatic rings. The molecule has 0 saturated carbocycles. The van der Waals surface area contributed by atoms with Gasteiger partial charge in [0.25, 0.3) is 0 Å². The largest absolute Gasteiger partial charge is 0.492 e. The molecule has 2 heterocycles. The number of benzene rings is 1. The van der Waals surface area contributed by atoms with Gasteiger partial charge in [-0.25, -0.2) is 0 Å². The Morgan fingerprint density at radius 2 is 2.19 bits per heavy atom. The number of aryl methyl sites for hydroxylation is 1. The SMILES string of the molecule is Cc1ccc(C(N)=O)cc1OC[C@H]1CC[C@@H](C(=O)N2CCC[C@H]2C#N)N1. The van der Waals surface area contributed by atoms with E-state index in [-0.39, 0.29) is 24.0 Å². The summed E-state index contributed by atoms with van der Waals surface area (Å²) in [4.78, 5) is 25.6. The molecule has 1 aromatic carbocycles. The molecule has 0 radical (unpaired) electrons. The first kappa shape index (κ1) is 18.2. The first-order chi connectivity index (χ1) is 12.5.